The van der Waals surface area contributed by atoms with Crippen LogP contribution in [0.25, 0.3) is 11.5 Å². The molecule has 0 spiro atoms. The highest BCUT2D eigenvalue weighted by Gasteiger charge is 2.20. The molecule has 2 heterocycles. The summed E-state index contributed by atoms with van der Waals surface area (Å²) in [6, 6.07) is 7.23. The lowest BCUT2D eigenvalue weighted by Gasteiger charge is -2.01. The van der Waals surface area contributed by atoms with Crippen LogP contribution in [0.15, 0.2) is 38.4 Å². The molecule has 23 heavy (non-hydrogen) atoms. The number of halogens is 1. The van der Waals surface area contributed by atoms with Crippen LogP contribution < -0.4 is 0 Å². The van der Waals surface area contributed by atoms with Crippen LogP contribution in [0, 0.1) is 0 Å². The average Bonchev–Trinajstić information content (AvgIpc) is 3.17. The summed E-state index contributed by atoms with van der Waals surface area (Å²) >= 11 is 7.25. The Morgan fingerprint density at radius 2 is 1.83 bits per heavy atom. The highest BCUT2D eigenvalue weighted by atomic mass is 35.5. The van der Waals surface area contributed by atoms with E-state index in [1.807, 2.05) is 32.9 Å². The van der Waals surface area contributed by atoms with Gasteiger partial charge in [0.25, 0.3) is 5.22 Å². The van der Waals surface area contributed by atoms with Crippen molar-refractivity contribution >= 4 is 23.4 Å². The summed E-state index contributed by atoms with van der Waals surface area (Å²) in [7, 11) is 0. The van der Waals surface area contributed by atoms with Crippen molar-refractivity contribution in [1.82, 2.24) is 20.3 Å². The Morgan fingerprint density at radius 3 is 2.48 bits per heavy atom. The summed E-state index contributed by atoms with van der Waals surface area (Å²) in [6.45, 7) is 5.99. The number of nitrogens with zero attached hydrogens (tertiary/aromatic N) is 4. The third-order valence-corrected chi connectivity index (χ3v) is 4.27. The fourth-order valence-electron chi connectivity index (χ4n) is 1.82. The van der Waals surface area contributed by atoms with Gasteiger partial charge in [0.1, 0.15) is 0 Å². The fraction of sp³-hybridized carbons (Fsp3) is 0.333. The van der Waals surface area contributed by atoms with Gasteiger partial charge in [0.15, 0.2) is 5.82 Å². The van der Waals surface area contributed by atoms with Crippen LogP contribution in [-0.4, -0.2) is 20.3 Å². The lowest BCUT2D eigenvalue weighted by molar-refractivity contribution is 0.372. The second-order valence-electron chi connectivity index (χ2n) is 5.29. The van der Waals surface area contributed by atoms with Crippen LogP contribution in [0.2, 0.25) is 5.02 Å². The van der Waals surface area contributed by atoms with Crippen molar-refractivity contribution in [2.45, 2.75) is 37.2 Å². The monoisotopic (exact) mass is 350 g/mol. The van der Waals surface area contributed by atoms with E-state index in [2.05, 4.69) is 20.3 Å². The molecule has 0 saturated carbocycles. The van der Waals surface area contributed by atoms with Crippen molar-refractivity contribution in [1.29, 1.82) is 0 Å². The molecule has 0 N–H and O–H groups in total. The highest BCUT2D eigenvalue weighted by Crippen LogP contribution is 2.34. The Balaban J connectivity index is 1.71. The van der Waals surface area contributed by atoms with Crippen LogP contribution in [0.1, 0.15) is 43.7 Å². The molecule has 120 valence electrons. The Kier molecular flexibility index (Phi) is 4.68. The van der Waals surface area contributed by atoms with Gasteiger partial charge in [0, 0.05) is 16.5 Å². The van der Waals surface area contributed by atoms with E-state index in [4.69, 9.17) is 20.5 Å². The summed E-state index contributed by atoms with van der Waals surface area (Å²) in [5.41, 5.74) is 0.821. The smallest absolute Gasteiger partial charge is 0.277 e. The molecule has 1 unspecified atom stereocenters. The number of rotatable bonds is 5. The predicted octanol–water partition coefficient (Wildman–Crippen LogP) is 4.75. The summed E-state index contributed by atoms with van der Waals surface area (Å²) in [6.07, 6.45) is 0. The second-order valence-corrected chi connectivity index (χ2v) is 7.01. The zero-order chi connectivity index (χ0) is 16.4. The number of hydrogen-bond acceptors (Lipinski definition) is 7. The first-order chi connectivity index (χ1) is 11.0. The zero-order valence-electron chi connectivity index (χ0n) is 12.9. The van der Waals surface area contributed by atoms with Crippen LogP contribution in [0.3, 0.4) is 0 Å². The molecule has 0 aliphatic heterocycles. The van der Waals surface area contributed by atoms with Crippen molar-refractivity contribution in [3.63, 3.8) is 0 Å². The first-order valence-electron chi connectivity index (χ1n) is 7.12. The molecule has 0 radical (unpaired) electrons. The minimum atomic E-state index is -0.0754. The maximum Gasteiger partial charge on any atom is 0.277 e. The van der Waals surface area contributed by atoms with Crippen LogP contribution in [-0.2, 0) is 0 Å². The molecule has 8 heteroatoms. The Morgan fingerprint density at radius 1 is 1.09 bits per heavy atom. The summed E-state index contributed by atoms with van der Waals surface area (Å²) in [5.74, 6) is 1.92. The van der Waals surface area contributed by atoms with Gasteiger partial charge in [-0.25, -0.2) is 0 Å². The topological polar surface area (TPSA) is 77.8 Å². The van der Waals surface area contributed by atoms with E-state index in [1.165, 1.54) is 11.8 Å². The van der Waals surface area contributed by atoms with Crippen LogP contribution in [0.4, 0.5) is 0 Å². The third-order valence-electron chi connectivity index (χ3n) is 3.10. The van der Waals surface area contributed by atoms with Gasteiger partial charge in [-0.1, -0.05) is 42.4 Å². The Hall–Kier alpha value is -1.86. The van der Waals surface area contributed by atoms with Crippen LogP contribution >= 0.6 is 23.4 Å². The molecule has 6 nitrogen and oxygen atoms in total. The summed E-state index contributed by atoms with van der Waals surface area (Å²) < 4.78 is 10.9. The van der Waals surface area contributed by atoms with E-state index >= 15 is 0 Å². The van der Waals surface area contributed by atoms with Gasteiger partial charge in [-0.15, -0.1) is 10.2 Å². The molecule has 3 aromatic rings. The zero-order valence-corrected chi connectivity index (χ0v) is 14.4. The van der Waals surface area contributed by atoms with E-state index in [9.17, 15) is 0 Å². The molecular weight excluding hydrogens is 336 g/mol. The van der Waals surface area contributed by atoms with Crippen LogP contribution in [0.5, 0.6) is 0 Å². The second kappa shape index (κ2) is 6.72. The minimum Gasteiger partial charge on any atom is -0.411 e. The molecular formula is C15H15ClN4O2S. The van der Waals surface area contributed by atoms with E-state index in [-0.39, 0.29) is 11.2 Å². The largest absolute Gasteiger partial charge is 0.411 e. The quantitative estimate of drug-likeness (QED) is 0.614. The predicted molar refractivity (Wildman–Crippen MR) is 87.4 cm³/mol. The number of hydrogen-bond donors (Lipinski definition) is 0. The van der Waals surface area contributed by atoms with Crippen molar-refractivity contribution < 1.29 is 8.94 Å². The standard InChI is InChI=1S/C15H15ClN4O2S/c1-8(2)12-17-13(22-20-12)9(3)23-15-19-18-14(21-15)10-4-6-11(16)7-5-10/h4-9H,1-3H3. The molecule has 1 atom stereocenters. The van der Waals surface area contributed by atoms with Gasteiger partial charge in [-0.2, -0.15) is 4.98 Å². The van der Waals surface area contributed by atoms with E-state index < -0.39 is 0 Å². The normalized spacial score (nSPS) is 12.7. The summed E-state index contributed by atoms with van der Waals surface area (Å²) in [5, 5.41) is 13.1. The highest BCUT2D eigenvalue weighted by molar-refractivity contribution is 7.99. The van der Waals surface area contributed by atoms with Gasteiger partial charge in [0.05, 0.1) is 5.25 Å². The third kappa shape index (κ3) is 3.73. The van der Waals surface area contributed by atoms with E-state index in [1.54, 1.807) is 12.1 Å². The number of thioether (sulfide) groups is 1. The van der Waals surface area contributed by atoms with Gasteiger partial charge >= 0.3 is 0 Å². The van der Waals surface area contributed by atoms with Crippen molar-refractivity contribution in [3.05, 3.63) is 41.0 Å². The lowest BCUT2D eigenvalue weighted by atomic mass is 10.2. The van der Waals surface area contributed by atoms with E-state index in [0.29, 0.717) is 27.9 Å². The van der Waals surface area contributed by atoms with Crippen molar-refractivity contribution in [2.24, 2.45) is 0 Å². The van der Waals surface area contributed by atoms with Gasteiger partial charge in [-0.05, 0) is 31.2 Å². The average molecular weight is 351 g/mol. The molecule has 0 fully saturated rings. The van der Waals surface area contributed by atoms with Gasteiger partial charge in [0.2, 0.25) is 11.8 Å². The number of aromatic nitrogens is 4. The minimum absolute atomic E-state index is 0.0754. The van der Waals surface area contributed by atoms with Gasteiger partial charge in [-0.3, -0.25) is 0 Å². The summed E-state index contributed by atoms with van der Waals surface area (Å²) in [4.78, 5) is 4.38. The molecule has 2 aromatic heterocycles. The molecule has 3 rings (SSSR count). The van der Waals surface area contributed by atoms with Gasteiger partial charge < -0.3 is 8.94 Å². The SMILES string of the molecule is CC(C)c1noc(C(C)Sc2nnc(-c3ccc(Cl)cc3)o2)n1. The fourth-order valence-corrected chi connectivity index (χ4v) is 2.66. The molecule has 0 aliphatic carbocycles. The maximum atomic E-state index is 5.87. The van der Waals surface area contributed by atoms with E-state index in [0.717, 1.165) is 5.56 Å². The lowest BCUT2D eigenvalue weighted by Crippen LogP contribution is -1.92. The molecule has 0 saturated heterocycles. The Labute approximate surface area is 142 Å². The molecule has 0 amide bonds. The maximum absolute atomic E-state index is 5.87. The first kappa shape index (κ1) is 16.0. The molecule has 0 aliphatic rings. The molecule has 0 bridgehead atoms. The number of benzene rings is 1. The Bertz CT molecular complexity index is 785. The van der Waals surface area contributed by atoms with Crippen molar-refractivity contribution in [2.75, 3.05) is 0 Å². The van der Waals surface area contributed by atoms with Crippen molar-refractivity contribution in [3.8, 4) is 11.5 Å². The first-order valence-corrected chi connectivity index (χ1v) is 8.38. The molecule has 1 aromatic carbocycles.